The summed E-state index contributed by atoms with van der Waals surface area (Å²) in [5.41, 5.74) is 0.474. The molecule has 0 N–H and O–H groups in total. The van der Waals surface area contributed by atoms with Crippen molar-refractivity contribution < 1.29 is 9.78 Å². The van der Waals surface area contributed by atoms with Crippen LogP contribution in [0, 0.1) is 5.41 Å². The number of hydrogen-bond donors (Lipinski definition) is 0. The highest BCUT2D eigenvalue weighted by atomic mass is 17.2. The van der Waals surface area contributed by atoms with Crippen molar-refractivity contribution in [3.8, 4) is 0 Å². The Labute approximate surface area is 88.2 Å². The molecule has 0 aromatic heterocycles. The molecule has 0 fully saturated rings. The van der Waals surface area contributed by atoms with E-state index in [0.29, 0.717) is 18.6 Å². The third-order valence-electron chi connectivity index (χ3n) is 2.56. The zero-order valence-electron chi connectivity index (χ0n) is 9.84. The second-order valence-corrected chi connectivity index (χ2v) is 4.37. The van der Waals surface area contributed by atoms with E-state index in [4.69, 9.17) is 9.78 Å². The minimum Gasteiger partial charge on any atom is -0.236 e. The molecule has 0 radical (unpaired) electrons. The highest BCUT2D eigenvalue weighted by Gasteiger charge is 2.13. The van der Waals surface area contributed by atoms with Gasteiger partial charge in [-0.3, -0.25) is 0 Å². The molecule has 0 saturated heterocycles. The van der Waals surface area contributed by atoms with Gasteiger partial charge in [-0.1, -0.05) is 39.7 Å². The summed E-state index contributed by atoms with van der Waals surface area (Å²) in [5.74, 6) is 0. The molecule has 0 aliphatic carbocycles. The van der Waals surface area contributed by atoms with Crippen LogP contribution in [0.2, 0.25) is 0 Å². The van der Waals surface area contributed by atoms with Gasteiger partial charge in [0.05, 0.1) is 6.61 Å². The second kappa shape index (κ2) is 8.01. The molecule has 0 aliphatic rings. The second-order valence-electron chi connectivity index (χ2n) is 4.37. The normalized spacial score (nSPS) is 11.6. The third kappa shape index (κ3) is 8.27. The zero-order valence-corrected chi connectivity index (χ0v) is 9.84. The van der Waals surface area contributed by atoms with E-state index in [1.54, 1.807) is 6.08 Å². The lowest BCUT2D eigenvalue weighted by atomic mass is 9.85. The van der Waals surface area contributed by atoms with Gasteiger partial charge in [0.15, 0.2) is 0 Å². The van der Waals surface area contributed by atoms with E-state index in [0.717, 1.165) is 6.42 Å². The van der Waals surface area contributed by atoms with Crippen molar-refractivity contribution in [1.82, 2.24) is 0 Å². The van der Waals surface area contributed by atoms with E-state index >= 15 is 0 Å². The van der Waals surface area contributed by atoms with Crippen LogP contribution in [0.15, 0.2) is 12.7 Å². The van der Waals surface area contributed by atoms with Crippen molar-refractivity contribution in [3.05, 3.63) is 12.7 Å². The number of hydrogen-bond acceptors (Lipinski definition) is 2. The average molecular weight is 200 g/mol. The Morgan fingerprint density at radius 3 is 2.50 bits per heavy atom. The lowest BCUT2D eigenvalue weighted by Gasteiger charge is -2.21. The Hall–Kier alpha value is -0.340. The summed E-state index contributed by atoms with van der Waals surface area (Å²) in [6, 6.07) is 0. The van der Waals surface area contributed by atoms with Crippen molar-refractivity contribution in [2.24, 2.45) is 5.41 Å². The maximum atomic E-state index is 4.95. The molecular formula is C12H24O2. The van der Waals surface area contributed by atoms with Crippen molar-refractivity contribution in [1.29, 1.82) is 0 Å². The van der Waals surface area contributed by atoms with Crippen molar-refractivity contribution in [3.63, 3.8) is 0 Å². The zero-order chi connectivity index (χ0) is 10.9. The first-order chi connectivity index (χ1) is 6.62. The van der Waals surface area contributed by atoms with Crippen LogP contribution in [0.25, 0.3) is 0 Å². The summed E-state index contributed by atoms with van der Waals surface area (Å²) in [4.78, 5) is 9.77. The Balaban J connectivity index is 3.17. The smallest absolute Gasteiger partial charge is 0.100 e. The van der Waals surface area contributed by atoms with Gasteiger partial charge in [0.1, 0.15) is 6.61 Å². The molecule has 0 spiro atoms. The van der Waals surface area contributed by atoms with E-state index in [9.17, 15) is 0 Å². The molecule has 2 heteroatoms. The van der Waals surface area contributed by atoms with Gasteiger partial charge < -0.3 is 0 Å². The number of rotatable bonds is 9. The largest absolute Gasteiger partial charge is 0.236 e. The molecular weight excluding hydrogens is 176 g/mol. The van der Waals surface area contributed by atoms with Gasteiger partial charge in [0, 0.05) is 0 Å². The fourth-order valence-electron chi connectivity index (χ4n) is 1.10. The fraction of sp³-hybridized carbons (Fsp3) is 0.833. The van der Waals surface area contributed by atoms with E-state index in [1.165, 1.54) is 19.3 Å². The molecule has 0 bridgehead atoms. The van der Waals surface area contributed by atoms with Crippen LogP contribution in [-0.4, -0.2) is 13.2 Å². The van der Waals surface area contributed by atoms with Gasteiger partial charge >= 0.3 is 0 Å². The van der Waals surface area contributed by atoms with E-state index in [1.807, 2.05) is 0 Å². The SMILES string of the molecule is C=CCOOCCCCC(C)(C)CC. The van der Waals surface area contributed by atoms with Crippen LogP contribution < -0.4 is 0 Å². The summed E-state index contributed by atoms with van der Waals surface area (Å²) < 4.78 is 0. The molecule has 0 amide bonds. The van der Waals surface area contributed by atoms with Crippen molar-refractivity contribution >= 4 is 0 Å². The Morgan fingerprint density at radius 2 is 1.93 bits per heavy atom. The monoisotopic (exact) mass is 200 g/mol. The summed E-state index contributed by atoms with van der Waals surface area (Å²) in [6.07, 6.45) is 6.45. The van der Waals surface area contributed by atoms with Crippen LogP contribution >= 0.6 is 0 Å². The lowest BCUT2D eigenvalue weighted by Crippen LogP contribution is -2.09. The van der Waals surface area contributed by atoms with Crippen LogP contribution in [0.1, 0.15) is 46.5 Å². The quantitative estimate of drug-likeness (QED) is 0.244. The van der Waals surface area contributed by atoms with Gasteiger partial charge in [0.25, 0.3) is 0 Å². The molecule has 0 saturated carbocycles. The maximum absolute atomic E-state index is 4.95. The molecule has 0 atom stereocenters. The average Bonchev–Trinajstić information content (AvgIpc) is 2.16. The first kappa shape index (κ1) is 13.7. The van der Waals surface area contributed by atoms with Crippen LogP contribution in [0.4, 0.5) is 0 Å². The van der Waals surface area contributed by atoms with E-state index < -0.39 is 0 Å². The van der Waals surface area contributed by atoms with Crippen molar-refractivity contribution in [2.75, 3.05) is 13.2 Å². The summed E-state index contributed by atoms with van der Waals surface area (Å²) in [5, 5.41) is 0. The highest BCUT2D eigenvalue weighted by molar-refractivity contribution is 4.65. The van der Waals surface area contributed by atoms with E-state index in [-0.39, 0.29) is 0 Å². The Morgan fingerprint density at radius 1 is 1.21 bits per heavy atom. The standard InChI is InChI=1S/C12H24O2/c1-5-10-13-14-11-8-7-9-12(3,4)6-2/h5H,1,6-11H2,2-4H3. The lowest BCUT2D eigenvalue weighted by molar-refractivity contribution is -0.286. The van der Waals surface area contributed by atoms with Gasteiger partial charge in [-0.05, 0) is 18.3 Å². The minimum atomic E-state index is 0.473. The van der Waals surface area contributed by atoms with E-state index in [2.05, 4.69) is 27.4 Å². The highest BCUT2D eigenvalue weighted by Crippen LogP contribution is 2.26. The minimum absolute atomic E-state index is 0.473. The predicted octanol–water partition coefficient (Wildman–Crippen LogP) is 3.73. The van der Waals surface area contributed by atoms with Crippen LogP contribution in [0.5, 0.6) is 0 Å². The van der Waals surface area contributed by atoms with Gasteiger partial charge in [-0.15, -0.1) is 6.58 Å². The molecule has 0 heterocycles. The third-order valence-corrected chi connectivity index (χ3v) is 2.56. The van der Waals surface area contributed by atoms with Crippen LogP contribution in [0.3, 0.4) is 0 Å². The summed E-state index contributed by atoms with van der Waals surface area (Å²) in [6.45, 7) is 11.5. The fourth-order valence-corrected chi connectivity index (χ4v) is 1.10. The first-order valence-corrected chi connectivity index (χ1v) is 5.47. The summed E-state index contributed by atoms with van der Waals surface area (Å²) in [7, 11) is 0. The Kier molecular flexibility index (Phi) is 7.81. The first-order valence-electron chi connectivity index (χ1n) is 5.47. The number of unbranched alkanes of at least 4 members (excludes halogenated alkanes) is 1. The molecule has 0 unspecified atom stereocenters. The molecule has 2 nitrogen and oxygen atoms in total. The Bertz CT molecular complexity index is 141. The predicted molar refractivity (Wildman–Crippen MR) is 60.0 cm³/mol. The molecule has 0 aliphatic heterocycles. The molecule has 0 rings (SSSR count). The topological polar surface area (TPSA) is 18.5 Å². The van der Waals surface area contributed by atoms with Gasteiger partial charge in [-0.2, -0.15) is 0 Å². The van der Waals surface area contributed by atoms with Gasteiger partial charge in [-0.25, -0.2) is 9.78 Å². The molecule has 84 valence electrons. The molecule has 0 aromatic rings. The van der Waals surface area contributed by atoms with Crippen LogP contribution in [-0.2, 0) is 9.78 Å². The molecule has 14 heavy (non-hydrogen) atoms. The maximum Gasteiger partial charge on any atom is 0.100 e. The molecule has 0 aromatic carbocycles. The van der Waals surface area contributed by atoms with Gasteiger partial charge in [0.2, 0.25) is 0 Å². The van der Waals surface area contributed by atoms with Crippen molar-refractivity contribution in [2.45, 2.75) is 46.5 Å². The summed E-state index contributed by atoms with van der Waals surface area (Å²) >= 11 is 0.